The summed E-state index contributed by atoms with van der Waals surface area (Å²) < 4.78 is 0. The Labute approximate surface area is 113 Å². The van der Waals surface area contributed by atoms with E-state index in [9.17, 15) is 9.59 Å². The third-order valence-electron chi connectivity index (χ3n) is 2.68. The number of carbonyl (C=O) groups is 2. The van der Waals surface area contributed by atoms with Gasteiger partial charge >= 0.3 is 0 Å². The summed E-state index contributed by atoms with van der Waals surface area (Å²) >= 11 is 0. The maximum absolute atomic E-state index is 11.8. The van der Waals surface area contributed by atoms with Crippen molar-refractivity contribution >= 4 is 17.5 Å². The highest BCUT2D eigenvalue weighted by Gasteiger charge is 2.30. The summed E-state index contributed by atoms with van der Waals surface area (Å²) in [6.45, 7) is 5.66. The number of rotatable bonds is 5. The Morgan fingerprint density at radius 2 is 1.79 bits per heavy atom. The molecule has 0 spiro atoms. The van der Waals surface area contributed by atoms with Crippen LogP contribution >= 0.6 is 0 Å². The third kappa shape index (κ3) is 4.99. The van der Waals surface area contributed by atoms with Crippen molar-refractivity contribution in [2.24, 2.45) is 11.1 Å². The molecule has 1 aromatic carbocycles. The molecule has 0 saturated carbocycles. The van der Waals surface area contributed by atoms with Crippen molar-refractivity contribution in [3.8, 4) is 0 Å². The zero-order valence-electron chi connectivity index (χ0n) is 11.6. The Morgan fingerprint density at radius 1 is 1.21 bits per heavy atom. The van der Waals surface area contributed by atoms with E-state index in [1.54, 1.807) is 0 Å². The quantitative estimate of drug-likeness (QED) is 0.744. The molecule has 1 rings (SSSR count). The fraction of sp³-hybridized carbons (Fsp3) is 0.429. The second-order valence-electron chi connectivity index (χ2n) is 5.49. The standard InChI is InChI=1S/C14H21N3O2/c1-14(2,3)12(13(15)19)17-11(18)9-16-10-7-5-4-6-8-10/h4-8,12,16H,9H2,1-3H3,(H2,15,19)(H,17,18). The third-order valence-corrected chi connectivity index (χ3v) is 2.68. The number of nitrogens with two attached hydrogens (primary N) is 1. The summed E-state index contributed by atoms with van der Waals surface area (Å²) in [6, 6.07) is 8.69. The molecule has 5 nitrogen and oxygen atoms in total. The van der Waals surface area contributed by atoms with Gasteiger partial charge in [-0.2, -0.15) is 0 Å². The maximum Gasteiger partial charge on any atom is 0.240 e. The molecule has 0 bridgehead atoms. The molecule has 0 aliphatic heterocycles. The first-order chi connectivity index (χ1) is 8.80. The second-order valence-corrected chi connectivity index (χ2v) is 5.49. The fourth-order valence-electron chi connectivity index (χ4n) is 1.66. The topological polar surface area (TPSA) is 84.2 Å². The second kappa shape index (κ2) is 6.22. The first-order valence-electron chi connectivity index (χ1n) is 6.18. The zero-order chi connectivity index (χ0) is 14.5. The van der Waals surface area contributed by atoms with Crippen molar-refractivity contribution in [3.63, 3.8) is 0 Å². The van der Waals surface area contributed by atoms with Crippen molar-refractivity contribution in [1.82, 2.24) is 5.32 Å². The smallest absolute Gasteiger partial charge is 0.240 e. The molecule has 1 atom stereocenters. The van der Waals surface area contributed by atoms with Crippen LogP contribution in [0.5, 0.6) is 0 Å². The number of anilines is 1. The molecule has 1 unspecified atom stereocenters. The number of carbonyl (C=O) groups excluding carboxylic acids is 2. The van der Waals surface area contributed by atoms with E-state index in [1.807, 2.05) is 51.1 Å². The minimum Gasteiger partial charge on any atom is -0.376 e. The number of hydrogen-bond donors (Lipinski definition) is 3. The lowest BCUT2D eigenvalue weighted by molar-refractivity contribution is -0.128. The molecule has 2 amide bonds. The van der Waals surface area contributed by atoms with Gasteiger partial charge in [0.05, 0.1) is 6.54 Å². The van der Waals surface area contributed by atoms with E-state index in [4.69, 9.17) is 5.73 Å². The molecule has 4 N–H and O–H groups in total. The van der Waals surface area contributed by atoms with Gasteiger partial charge in [-0.05, 0) is 17.5 Å². The van der Waals surface area contributed by atoms with Crippen LogP contribution in [0.25, 0.3) is 0 Å². The van der Waals surface area contributed by atoms with Crippen LogP contribution in [0.1, 0.15) is 20.8 Å². The average molecular weight is 263 g/mol. The lowest BCUT2D eigenvalue weighted by atomic mass is 9.86. The molecule has 0 aliphatic rings. The molecule has 0 saturated heterocycles. The van der Waals surface area contributed by atoms with E-state index in [2.05, 4.69) is 10.6 Å². The van der Waals surface area contributed by atoms with Crippen molar-refractivity contribution in [2.45, 2.75) is 26.8 Å². The van der Waals surface area contributed by atoms with Crippen LogP contribution in [-0.4, -0.2) is 24.4 Å². The number of amides is 2. The van der Waals surface area contributed by atoms with E-state index in [1.165, 1.54) is 0 Å². The predicted octanol–water partition coefficient (Wildman–Crippen LogP) is 1.11. The first-order valence-corrected chi connectivity index (χ1v) is 6.18. The summed E-state index contributed by atoms with van der Waals surface area (Å²) in [6.07, 6.45) is 0. The largest absolute Gasteiger partial charge is 0.376 e. The monoisotopic (exact) mass is 263 g/mol. The first kappa shape index (κ1) is 15.0. The van der Waals surface area contributed by atoms with Gasteiger partial charge in [0.25, 0.3) is 0 Å². The van der Waals surface area contributed by atoms with Gasteiger partial charge in [0.1, 0.15) is 6.04 Å². The number of primary amides is 1. The maximum atomic E-state index is 11.8. The van der Waals surface area contributed by atoms with Gasteiger partial charge in [0.15, 0.2) is 0 Å². The van der Waals surface area contributed by atoms with Crippen molar-refractivity contribution in [3.05, 3.63) is 30.3 Å². The molecular formula is C14H21N3O2. The molecular weight excluding hydrogens is 242 g/mol. The Hall–Kier alpha value is -2.04. The van der Waals surface area contributed by atoms with Crippen LogP contribution in [0.15, 0.2) is 30.3 Å². The predicted molar refractivity (Wildman–Crippen MR) is 75.5 cm³/mol. The molecule has 5 heteroatoms. The van der Waals surface area contributed by atoms with Gasteiger partial charge in [-0.3, -0.25) is 9.59 Å². The Kier molecular flexibility index (Phi) is 4.92. The van der Waals surface area contributed by atoms with Crippen LogP contribution in [0.3, 0.4) is 0 Å². The van der Waals surface area contributed by atoms with Crippen LogP contribution in [0.2, 0.25) is 0 Å². The molecule has 0 aliphatic carbocycles. The number of hydrogen-bond acceptors (Lipinski definition) is 3. The summed E-state index contributed by atoms with van der Waals surface area (Å²) in [5.41, 5.74) is 5.75. The molecule has 0 fully saturated rings. The average Bonchev–Trinajstić information content (AvgIpc) is 2.33. The van der Waals surface area contributed by atoms with Gasteiger partial charge in [0, 0.05) is 5.69 Å². The van der Waals surface area contributed by atoms with Gasteiger partial charge in [-0.25, -0.2) is 0 Å². The van der Waals surface area contributed by atoms with E-state index in [0.717, 1.165) is 5.69 Å². The zero-order valence-corrected chi connectivity index (χ0v) is 11.6. The van der Waals surface area contributed by atoms with E-state index in [0.29, 0.717) is 0 Å². The summed E-state index contributed by atoms with van der Waals surface area (Å²) in [4.78, 5) is 23.1. The Morgan fingerprint density at radius 3 is 2.26 bits per heavy atom. The highest BCUT2D eigenvalue weighted by Crippen LogP contribution is 2.18. The van der Waals surface area contributed by atoms with E-state index < -0.39 is 17.4 Å². The highest BCUT2D eigenvalue weighted by molar-refractivity contribution is 5.88. The summed E-state index contributed by atoms with van der Waals surface area (Å²) in [5, 5.41) is 5.63. The van der Waals surface area contributed by atoms with Crippen LogP contribution in [-0.2, 0) is 9.59 Å². The minimum atomic E-state index is -0.683. The normalized spacial score (nSPS) is 12.6. The van der Waals surface area contributed by atoms with Crippen molar-refractivity contribution in [2.75, 3.05) is 11.9 Å². The summed E-state index contributed by atoms with van der Waals surface area (Å²) in [5.74, 6) is -0.789. The number of para-hydroxylation sites is 1. The Bertz CT molecular complexity index is 438. The van der Waals surface area contributed by atoms with Gasteiger partial charge in [-0.1, -0.05) is 39.0 Å². The van der Waals surface area contributed by atoms with Crippen LogP contribution in [0.4, 0.5) is 5.69 Å². The molecule has 19 heavy (non-hydrogen) atoms. The van der Waals surface area contributed by atoms with E-state index >= 15 is 0 Å². The molecule has 104 valence electrons. The fourth-order valence-corrected chi connectivity index (χ4v) is 1.66. The van der Waals surface area contributed by atoms with Crippen LogP contribution in [0, 0.1) is 5.41 Å². The lowest BCUT2D eigenvalue weighted by Gasteiger charge is -2.28. The highest BCUT2D eigenvalue weighted by atomic mass is 16.2. The van der Waals surface area contributed by atoms with Crippen LogP contribution < -0.4 is 16.4 Å². The van der Waals surface area contributed by atoms with Gasteiger partial charge < -0.3 is 16.4 Å². The number of nitrogens with one attached hydrogen (secondary N) is 2. The molecule has 0 heterocycles. The van der Waals surface area contributed by atoms with Crippen molar-refractivity contribution in [1.29, 1.82) is 0 Å². The minimum absolute atomic E-state index is 0.101. The number of benzene rings is 1. The lowest BCUT2D eigenvalue weighted by Crippen LogP contribution is -2.53. The van der Waals surface area contributed by atoms with E-state index in [-0.39, 0.29) is 12.5 Å². The van der Waals surface area contributed by atoms with Crippen molar-refractivity contribution < 1.29 is 9.59 Å². The molecule has 0 radical (unpaired) electrons. The molecule has 1 aromatic rings. The molecule has 0 aromatic heterocycles. The summed E-state index contributed by atoms with van der Waals surface area (Å²) in [7, 11) is 0. The Balaban J connectivity index is 2.52. The SMILES string of the molecule is CC(C)(C)C(NC(=O)CNc1ccccc1)C(N)=O. The van der Waals surface area contributed by atoms with Gasteiger partial charge in [-0.15, -0.1) is 0 Å². The van der Waals surface area contributed by atoms with Gasteiger partial charge in [0.2, 0.25) is 11.8 Å².